The summed E-state index contributed by atoms with van der Waals surface area (Å²) in [7, 11) is 0. The molecule has 3 rings (SSSR count). The SMILES string of the molecule is CC1(C)Oc2ccc(Cl)cc2N(CCN2CCCCC2)C1=O. The molecule has 1 saturated heterocycles. The lowest BCUT2D eigenvalue weighted by Gasteiger charge is -2.40. The van der Waals surface area contributed by atoms with Crippen molar-refractivity contribution >= 4 is 23.2 Å². The third-order valence-corrected chi connectivity index (χ3v) is 4.66. The van der Waals surface area contributed by atoms with E-state index < -0.39 is 5.60 Å². The van der Waals surface area contributed by atoms with Gasteiger partial charge in [0, 0.05) is 18.1 Å². The van der Waals surface area contributed by atoms with Crippen LogP contribution in [0.5, 0.6) is 5.75 Å². The Morgan fingerprint density at radius 1 is 1.18 bits per heavy atom. The number of hydrogen-bond acceptors (Lipinski definition) is 3. The molecule has 120 valence electrons. The maximum absolute atomic E-state index is 12.7. The van der Waals surface area contributed by atoms with E-state index in [1.54, 1.807) is 6.07 Å². The molecule has 0 atom stereocenters. The van der Waals surface area contributed by atoms with Crippen LogP contribution >= 0.6 is 11.6 Å². The minimum Gasteiger partial charge on any atom is -0.476 e. The Morgan fingerprint density at radius 2 is 1.91 bits per heavy atom. The summed E-state index contributed by atoms with van der Waals surface area (Å²) in [6.45, 7) is 7.48. The van der Waals surface area contributed by atoms with Crippen molar-refractivity contribution in [2.75, 3.05) is 31.1 Å². The van der Waals surface area contributed by atoms with Gasteiger partial charge in [-0.1, -0.05) is 18.0 Å². The molecule has 22 heavy (non-hydrogen) atoms. The lowest BCUT2D eigenvalue weighted by atomic mass is 10.0. The number of carbonyl (C=O) groups is 1. The summed E-state index contributed by atoms with van der Waals surface area (Å²) in [5, 5.41) is 0.623. The van der Waals surface area contributed by atoms with Crippen LogP contribution in [0.25, 0.3) is 0 Å². The van der Waals surface area contributed by atoms with Crippen molar-refractivity contribution in [1.29, 1.82) is 0 Å². The molecule has 0 radical (unpaired) electrons. The molecular weight excluding hydrogens is 300 g/mol. The molecule has 2 heterocycles. The van der Waals surface area contributed by atoms with Gasteiger partial charge < -0.3 is 14.5 Å². The number of carbonyl (C=O) groups excluding carboxylic acids is 1. The van der Waals surface area contributed by atoms with Crippen molar-refractivity contribution in [3.63, 3.8) is 0 Å². The molecule has 0 aliphatic carbocycles. The van der Waals surface area contributed by atoms with Crippen molar-refractivity contribution in [1.82, 2.24) is 4.90 Å². The Labute approximate surface area is 137 Å². The number of fused-ring (bicyclic) bond motifs is 1. The number of piperidine rings is 1. The number of amides is 1. The average Bonchev–Trinajstić information content (AvgIpc) is 2.49. The molecular formula is C17H23ClN2O2. The number of hydrogen-bond donors (Lipinski definition) is 0. The molecule has 1 aromatic carbocycles. The largest absolute Gasteiger partial charge is 0.476 e. The average molecular weight is 323 g/mol. The van der Waals surface area contributed by atoms with Gasteiger partial charge in [0.25, 0.3) is 5.91 Å². The molecule has 1 aromatic rings. The highest BCUT2D eigenvalue weighted by Crippen LogP contribution is 2.39. The molecule has 2 aliphatic rings. The number of rotatable bonds is 3. The Bertz CT molecular complexity index is 568. The van der Waals surface area contributed by atoms with Crippen LogP contribution in [0.2, 0.25) is 5.02 Å². The summed E-state index contributed by atoms with van der Waals surface area (Å²) in [6, 6.07) is 5.47. The van der Waals surface area contributed by atoms with Crippen molar-refractivity contribution in [2.24, 2.45) is 0 Å². The van der Waals surface area contributed by atoms with E-state index in [2.05, 4.69) is 4.90 Å². The van der Waals surface area contributed by atoms with Crippen molar-refractivity contribution < 1.29 is 9.53 Å². The molecule has 0 aromatic heterocycles. The summed E-state index contributed by atoms with van der Waals surface area (Å²) in [5.74, 6) is 0.729. The van der Waals surface area contributed by atoms with Crippen molar-refractivity contribution in [2.45, 2.75) is 38.7 Å². The zero-order valence-electron chi connectivity index (χ0n) is 13.3. The van der Waals surface area contributed by atoms with Gasteiger partial charge in [0.05, 0.1) is 5.69 Å². The summed E-state index contributed by atoms with van der Waals surface area (Å²) in [4.78, 5) is 17.0. The van der Waals surface area contributed by atoms with Crippen LogP contribution in [0.4, 0.5) is 5.69 Å². The molecule has 0 spiro atoms. The Balaban J connectivity index is 1.81. The number of halogens is 1. The molecule has 0 N–H and O–H groups in total. The highest BCUT2D eigenvalue weighted by Gasteiger charge is 2.40. The summed E-state index contributed by atoms with van der Waals surface area (Å²) < 4.78 is 5.85. The monoisotopic (exact) mass is 322 g/mol. The number of ether oxygens (including phenoxy) is 1. The van der Waals surface area contributed by atoms with Gasteiger partial charge in [-0.15, -0.1) is 0 Å². The fourth-order valence-electron chi connectivity index (χ4n) is 3.19. The molecule has 1 fully saturated rings. The van der Waals surface area contributed by atoms with E-state index in [0.29, 0.717) is 11.6 Å². The molecule has 0 bridgehead atoms. The second-order valence-corrected chi connectivity index (χ2v) is 7.02. The van der Waals surface area contributed by atoms with Crippen LogP contribution in [0.3, 0.4) is 0 Å². The Kier molecular flexibility index (Phi) is 4.33. The zero-order valence-corrected chi connectivity index (χ0v) is 14.0. The van der Waals surface area contributed by atoms with Gasteiger partial charge in [-0.25, -0.2) is 0 Å². The van der Waals surface area contributed by atoms with Crippen LogP contribution in [-0.4, -0.2) is 42.6 Å². The van der Waals surface area contributed by atoms with Gasteiger partial charge in [0.1, 0.15) is 5.75 Å². The second kappa shape index (κ2) is 6.09. The van der Waals surface area contributed by atoms with Crippen LogP contribution in [0, 0.1) is 0 Å². The standard InChI is InChI=1S/C17H23ClN2O2/c1-17(2)16(21)20(11-10-19-8-4-3-5-9-19)14-12-13(18)6-7-15(14)22-17/h6-7,12H,3-5,8-11H2,1-2H3. The maximum atomic E-state index is 12.7. The minimum absolute atomic E-state index is 0.000670. The van der Waals surface area contributed by atoms with Gasteiger partial charge in [0.15, 0.2) is 5.60 Å². The normalized spacial score (nSPS) is 21.4. The first-order chi connectivity index (χ1) is 10.5. The maximum Gasteiger partial charge on any atom is 0.270 e. The third kappa shape index (κ3) is 3.08. The highest BCUT2D eigenvalue weighted by atomic mass is 35.5. The van der Waals surface area contributed by atoms with Crippen molar-refractivity contribution in [3.8, 4) is 5.75 Å². The van der Waals surface area contributed by atoms with E-state index in [1.807, 2.05) is 30.9 Å². The van der Waals surface area contributed by atoms with E-state index in [4.69, 9.17) is 16.3 Å². The fourth-order valence-corrected chi connectivity index (χ4v) is 3.35. The second-order valence-electron chi connectivity index (χ2n) is 6.58. The predicted molar refractivity (Wildman–Crippen MR) is 88.8 cm³/mol. The topological polar surface area (TPSA) is 32.8 Å². The molecule has 5 heteroatoms. The van der Waals surface area contributed by atoms with Crippen LogP contribution in [0.1, 0.15) is 33.1 Å². The quantitative estimate of drug-likeness (QED) is 0.855. The number of nitrogens with zero attached hydrogens (tertiary/aromatic N) is 2. The first-order valence-corrected chi connectivity index (χ1v) is 8.38. The Hall–Kier alpha value is -1.26. The number of anilines is 1. The first kappa shape index (κ1) is 15.6. The summed E-state index contributed by atoms with van der Waals surface area (Å²) in [5.41, 5.74) is -0.0447. The van der Waals surface area contributed by atoms with E-state index in [-0.39, 0.29) is 5.91 Å². The number of likely N-dealkylation sites (tertiary alicyclic amines) is 1. The van der Waals surface area contributed by atoms with E-state index in [1.165, 1.54) is 19.3 Å². The molecule has 1 amide bonds. The summed E-state index contributed by atoms with van der Waals surface area (Å²) in [6.07, 6.45) is 3.83. The highest BCUT2D eigenvalue weighted by molar-refractivity contribution is 6.31. The van der Waals surface area contributed by atoms with Gasteiger partial charge in [-0.05, 0) is 58.0 Å². The molecule has 0 saturated carbocycles. The zero-order chi connectivity index (χ0) is 15.7. The molecule has 2 aliphatic heterocycles. The predicted octanol–water partition coefficient (Wildman–Crippen LogP) is 3.33. The van der Waals surface area contributed by atoms with Crippen molar-refractivity contribution in [3.05, 3.63) is 23.2 Å². The van der Waals surface area contributed by atoms with Gasteiger partial charge in [-0.2, -0.15) is 0 Å². The lowest BCUT2D eigenvalue weighted by molar-refractivity contribution is -0.132. The first-order valence-electron chi connectivity index (χ1n) is 8.00. The minimum atomic E-state index is -0.831. The van der Waals surface area contributed by atoms with E-state index >= 15 is 0 Å². The van der Waals surface area contributed by atoms with Crippen LogP contribution in [0.15, 0.2) is 18.2 Å². The van der Waals surface area contributed by atoms with Crippen LogP contribution < -0.4 is 9.64 Å². The third-order valence-electron chi connectivity index (χ3n) is 4.43. The van der Waals surface area contributed by atoms with Gasteiger partial charge in [-0.3, -0.25) is 4.79 Å². The Morgan fingerprint density at radius 3 is 2.64 bits per heavy atom. The molecule has 0 unspecified atom stereocenters. The van der Waals surface area contributed by atoms with Crippen LogP contribution in [-0.2, 0) is 4.79 Å². The van der Waals surface area contributed by atoms with E-state index in [9.17, 15) is 4.79 Å². The molecule has 4 nitrogen and oxygen atoms in total. The van der Waals surface area contributed by atoms with Gasteiger partial charge in [0.2, 0.25) is 0 Å². The fraction of sp³-hybridized carbons (Fsp3) is 0.588. The van der Waals surface area contributed by atoms with Gasteiger partial charge >= 0.3 is 0 Å². The lowest BCUT2D eigenvalue weighted by Crippen LogP contribution is -2.54. The number of benzene rings is 1. The summed E-state index contributed by atoms with van der Waals surface area (Å²) >= 11 is 6.11. The van der Waals surface area contributed by atoms with E-state index in [0.717, 1.165) is 31.1 Å². The smallest absolute Gasteiger partial charge is 0.270 e.